The monoisotopic (exact) mass is 239 g/mol. The summed E-state index contributed by atoms with van der Waals surface area (Å²) >= 11 is 0. The van der Waals surface area contributed by atoms with Gasteiger partial charge in [0, 0.05) is 12.5 Å². The van der Waals surface area contributed by atoms with Crippen LogP contribution in [0, 0.1) is 0 Å². The van der Waals surface area contributed by atoms with E-state index in [0.717, 1.165) is 13.0 Å². The van der Waals surface area contributed by atoms with Gasteiger partial charge in [-0.3, -0.25) is 0 Å². The molecule has 1 aromatic heterocycles. The summed E-state index contributed by atoms with van der Waals surface area (Å²) in [4.78, 5) is 4.37. The van der Waals surface area contributed by atoms with Gasteiger partial charge in [-0.1, -0.05) is 5.16 Å². The molecule has 6 nitrogen and oxygen atoms in total. The Morgan fingerprint density at radius 1 is 1.35 bits per heavy atom. The first kappa shape index (κ1) is 11.1. The number of ether oxygens (including phenoxy) is 2. The number of nitrogens with one attached hydrogen (secondary N) is 1. The molecule has 3 heterocycles. The number of hydrogen-bond acceptors (Lipinski definition) is 6. The number of rotatable bonds is 3. The molecule has 1 N–H and O–H groups in total. The highest BCUT2D eigenvalue weighted by Crippen LogP contribution is 2.18. The SMILES string of the molecule is C1CNC(Cc2nc(C3COCCO3)no2)C1. The van der Waals surface area contributed by atoms with Crippen LogP contribution in [0.1, 0.15) is 30.7 Å². The van der Waals surface area contributed by atoms with E-state index in [1.807, 2.05) is 0 Å². The van der Waals surface area contributed by atoms with Crippen molar-refractivity contribution in [3.05, 3.63) is 11.7 Å². The minimum atomic E-state index is -0.169. The molecule has 1 aromatic rings. The molecule has 0 aliphatic carbocycles. The van der Waals surface area contributed by atoms with Crippen molar-refractivity contribution < 1.29 is 14.0 Å². The highest BCUT2D eigenvalue weighted by molar-refractivity contribution is 4.95. The van der Waals surface area contributed by atoms with Gasteiger partial charge in [0.1, 0.15) is 6.10 Å². The lowest BCUT2D eigenvalue weighted by atomic mass is 10.1. The van der Waals surface area contributed by atoms with Crippen LogP contribution in [0.3, 0.4) is 0 Å². The molecule has 2 atom stereocenters. The van der Waals surface area contributed by atoms with Crippen molar-refractivity contribution >= 4 is 0 Å². The number of hydrogen-bond donors (Lipinski definition) is 1. The van der Waals surface area contributed by atoms with Crippen molar-refractivity contribution in [3.63, 3.8) is 0 Å². The van der Waals surface area contributed by atoms with Crippen LogP contribution in [-0.4, -0.2) is 42.5 Å². The van der Waals surface area contributed by atoms with E-state index in [1.165, 1.54) is 12.8 Å². The molecule has 0 bridgehead atoms. The van der Waals surface area contributed by atoms with Gasteiger partial charge in [0.15, 0.2) is 0 Å². The summed E-state index contributed by atoms with van der Waals surface area (Å²) in [6.45, 7) is 2.85. The summed E-state index contributed by atoms with van der Waals surface area (Å²) in [6.07, 6.45) is 3.05. The average molecular weight is 239 g/mol. The van der Waals surface area contributed by atoms with Crippen molar-refractivity contribution in [3.8, 4) is 0 Å². The topological polar surface area (TPSA) is 69.4 Å². The Morgan fingerprint density at radius 3 is 3.12 bits per heavy atom. The fraction of sp³-hybridized carbons (Fsp3) is 0.818. The van der Waals surface area contributed by atoms with E-state index in [1.54, 1.807) is 0 Å². The van der Waals surface area contributed by atoms with Crippen LogP contribution in [0.4, 0.5) is 0 Å². The Hall–Kier alpha value is -0.980. The van der Waals surface area contributed by atoms with E-state index >= 15 is 0 Å². The van der Waals surface area contributed by atoms with Crippen molar-refractivity contribution in [2.75, 3.05) is 26.4 Å². The molecule has 2 aliphatic heterocycles. The Kier molecular flexibility index (Phi) is 3.35. The van der Waals surface area contributed by atoms with Crippen LogP contribution in [-0.2, 0) is 15.9 Å². The fourth-order valence-electron chi connectivity index (χ4n) is 2.26. The zero-order valence-corrected chi connectivity index (χ0v) is 9.72. The van der Waals surface area contributed by atoms with Gasteiger partial charge < -0.3 is 19.3 Å². The van der Waals surface area contributed by atoms with Crippen molar-refractivity contribution in [1.82, 2.24) is 15.5 Å². The van der Waals surface area contributed by atoms with E-state index in [2.05, 4.69) is 15.5 Å². The summed E-state index contributed by atoms with van der Waals surface area (Å²) in [7, 11) is 0. The van der Waals surface area contributed by atoms with Crippen molar-refractivity contribution in [2.24, 2.45) is 0 Å². The molecule has 2 aliphatic rings. The molecule has 2 fully saturated rings. The lowest BCUT2D eigenvalue weighted by Gasteiger charge is -2.19. The van der Waals surface area contributed by atoms with Gasteiger partial charge in [-0.25, -0.2) is 0 Å². The standard InChI is InChI=1S/C11H17N3O3/c1-2-8(12-3-1)6-10-13-11(14-17-10)9-7-15-4-5-16-9/h8-9,12H,1-7H2. The maximum Gasteiger partial charge on any atom is 0.228 e. The van der Waals surface area contributed by atoms with Crippen LogP contribution in [0.15, 0.2) is 4.52 Å². The van der Waals surface area contributed by atoms with Gasteiger partial charge in [0.05, 0.1) is 19.8 Å². The summed E-state index contributed by atoms with van der Waals surface area (Å²) in [5.41, 5.74) is 0. The minimum Gasteiger partial charge on any atom is -0.376 e. The van der Waals surface area contributed by atoms with Crippen LogP contribution < -0.4 is 5.32 Å². The predicted molar refractivity (Wildman–Crippen MR) is 58.5 cm³/mol. The van der Waals surface area contributed by atoms with E-state index in [-0.39, 0.29) is 6.10 Å². The Balaban J connectivity index is 1.60. The van der Waals surface area contributed by atoms with Crippen LogP contribution >= 0.6 is 0 Å². The summed E-state index contributed by atoms with van der Waals surface area (Å²) in [5.74, 6) is 1.30. The first-order chi connectivity index (χ1) is 8.42. The quantitative estimate of drug-likeness (QED) is 0.826. The fourth-order valence-corrected chi connectivity index (χ4v) is 2.26. The summed E-state index contributed by atoms with van der Waals surface area (Å²) in [6, 6.07) is 0.479. The predicted octanol–water partition coefficient (Wildman–Crippen LogP) is 0.452. The van der Waals surface area contributed by atoms with Gasteiger partial charge in [-0.15, -0.1) is 0 Å². The molecule has 17 heavy (non-hydrogen) atoms. The Bertz CT molecular complexity index is 357. The smallest absolute Gasteiger partial charge is 0.228 e. The van der Waals surface area contributed by atoms with Gasteiger partial charge >= 0.3 is 0 Å². The second-order valence-corrected chi connectivity index (χ2v) is 4.48. The minimum absolute atomic E-state index is 0.169. The molecule has 0 spiro atoms. The molecular weight excluding hydrogens is 222 g/mol. The largest absolute Gasteiger partial charge is 0.376 e. The number of aromatic nitrogens is 2. The summed E-state index contributed by atoms with van der Waals surface area (Å²) < 4.78 is 16.1. The summed E-state index contributed by atoms with van der Waals surface area (Å²) in [5, 5.41) is 7.37. The van der Waals surface area contributed by atoms with Crippen LogP contribution in [0.25, 0.3) is 0 Å². The van der Waals surface area contributed by atoms with Crippen molar-refractivity contribution in [2.45, 2.75) is 31.4 Å². The van der Waals surface area contributed by atoms with Crippen LogP contribution in [0.5, 0.6) is 0 Å². The van der Waals surface area contributed by atoms with Gasteiger partial charge in [0.2, 0.25) is 11.7 Å². The molecule has 94 valence electrons. The number of nitrogens with zero attached hydrogens (tertiary/aromatic N) is 2. The Labute approximate surface area is 99.7 Å². The van der Waals surface area contributed by atoms with Gasteiger partial charge in [-0.05, 0) is 19.4 Å². The molecule has 0 radical (unpaired) electrons. The highest BCUT2D eigenvalue weighted by Gasteiger charge is 2.24. The lowest BCUT2D eigenvalue weighted by molar-refractivity contribution is -0.0941. The molecule has 3 rings (SSSR count). The molecule has 0 saturated carbocycles. The first-order valence-electron chi connectivity index (χ1n) is 6.17. The zero-order chi connectivity index (χ0) is 11.5. The van der Waals surface area contributed by atoms with E-state index in [4.69, 9.17) is 14.0 Å². The molecule has 6 heteroatoms. The third-order valence-corrected chi connectivity index (χ3v) is 3.17. The van der Waals surface area contributed by atoms with Crippen LogP contribution in [0.2, 0.25) is 0 Å². The second kappa shape index (κ2) is 5.12. The van der Waals surface area contributed by atoms with E-state index in [9.17, 15) is 0 Å². The van der Waals surface area contributed by atoms with Crippen molar-refractivity contribution in [1.29, 1.82) is 0 Å². The molecule has 0 aromatic carbocycles. The maximum atomic E-state index is 5.52. The molecule has 0 amide bonds. The highest BCUT2D eigenvalue weighted by atomic mass is 16.6. The lowest BCUT2D eigenvalue weighted by Crippen LogP contribution is -2.24. The first-order valence-corrected chi connectivity index (χ1v) is 6.17. The average Bonchev–Trinajstić information content (AvgIpc) is 3.02. The molecule has 2 saturated heterocycles. The third-order valence-electron chi connectivity index (χ3n) is 3.17. The Morgan fingerprint density at radius 2 is 2.35 bits per heavy atom. The normalized spacial score (nSPS) is 29.6. The molecule has 2 unspecified atom stereocenters. The second-order valence-electron chi connectivity index (χ2n) is 4.48. The zero-order valence-electron chi connectivity index (χ0n) is 9.72. The maximum absolute atomic E-state index is 5.52. The molecular formula is C11H17N3O3. The third kappa shape index (κ3) is 2.65. The van der Waals surface area contributed by atoms with Gasteiger partial charge in [-0.2, -0.15) is 4.98 Å². The van der Waals surface area contributed by atoms with Gasteiger partial charge in [0.25, 0.3) is 0 Å². The van der Waals surface area contributed by atoms with E-state index in [0.29, 0.717) is 37.6 Å². The van der Waals surface area contributed by atoms with E-state index < -0.39 is 0 Å².